The molecule has 6 aromatic carbocycles. The number of nitrogens with one attached hydrogen (secondary N) is 2. The summed E-state index contributed by atoms with van der Waals surface area (Å²) in [6.45, 7) is 1.66. The quantitative estimate of drug-likeness (QED) is 0.0550. The lowest BCUT2D eigenvalue weighted by Gasteiger charge is -2.29. The third-order valence-corrected chi connectivity index (χ3v) is 11.6. The molecule has 0 fully saturated rings. The highest BCUT2D eigenvalue weighted by Gasteiger charge is 2.32. The van der Waals surface area contributed by atoms with Gasteiger partial charge in [-0.2, -0.15) is 0 Å². The predicted molar refractivity (Wildman–Crippen MR) is 238 cm³/mol. The maximum absolute atomic E-state index is 13.2. The molecule has 1 unspecified atom stereocenters. The first-order valence-corrected chi connectivity index (χ1v) is 21.1. The Labute approximate surface area is 362 Å². The number of phenols is 2. The average Bonchev–Trinajstić information content (AvgIpc) is 3.52. The summed E-state index contributed by atoms with van der Waals surface area (Å²) >= 11 is 7.18. The van der Waals surface area contributed by atoms with Gasteiger partial charge >= 0.3 is 5.97 Å². The number of hydrogen-bond acceptors (Lipinski definition) is 8. The van der Waals surface area contributed by atoms with E-state index in [1.165, 1.54) is 30.3 Å². The summed E-state index contributed by atoms with van der Waals surface area (Å²) in [7, 11) is 0. The molecule has 11 nitrogen and oxygen atoms in total. The molecule has 1 amide bonds. The minimum absolute atomic E-state index is 0.0172. The lowest BCUT2D eigenvalue weighted by molar-refractivity contribution is 0.0695. The number of aromatic hydroxyl groups is 2. The number of aliphatic hydroxyl groups excluding tert-OH is 1. The van der Waals surface area contributed by atoms with Crippen molar-refractivity contribution in [1.29, 1.82) is 0 Å². The fourth-order valence-corrected chi connectivity index (χ4v) is 8.53. The number of phenolic OH excluding ortho intramolecular Hbond substituents is 2. The van der Waals surface area contributed by atoms with Gasteiger partial charge in [0.25, 0.3) is 5.91 Å². The van der Waals surface area contributed by atoms with Gasteiger partial charge in [-0.3, -0.25) is 4.79 Å². The highest BCUT2D eigenvalue weighted by atomic mass is 79.9. The second-order valence-electron chi connectivity index (χ2n) is 14.7. The Morgan fingerprint density at radius 3 is 2.05 bits per heavy atom. The first-order chi connectivity index (χ1) is 29.0. The molecule has 0 saturated heterocycles. The number of unbranched alkanes of at least 4 members (excludes halogenated alkanes) is 2. The van der Waals surface area contributed by atoms with Gasteiger partial charge in [0.05, 0.1) is 24.8 Å². The van der Waals surface area contributed by atoms with Crippen LogP contribution < -0.4 is 20.1 Å². The molecule has 8 rings (SSSR count). The molecule has 0 radical (unpaired) electrons. The van der Waals surface area contributed by atoms with Crippen LogP contribution in [0.3, 0.4) is 0 Å². The van der Waals surface area contributed by atoms with Crippen molar-refractivity contribution in [3.63, 3.8) is 0 Å². The normalized spacial score (nSPS) is 12.7. The monoisotopic (exact) mass is 933 g/mol. The van der Waals surface area contributed by atoms with Gasteiger partial charge < -0.3 is 45.1 Å². The van der Waals surface area contributed by atoms with Crippen molar-refractivity contribution in [2.45, 2.75) is 37.8 Å². The molecule has 0 bridgehead atoms. The maximum Gasteiger partial charge on any atom is 0.336 e. The number of nitrogens with zero attached hydrogens (tertiary/aromatic N) is 1. The third-order valence-electron chi connectivity index (χ3n) is 10.6. The largest absolute Gasteiger partial charge is 0.508 e. The molecule has 1 aliphatic rings. The lowest BCUT2D eigenvalue weighted by Crippen LogP contribution is -2.25. The molecule has 1 aromatic heterocycles. The number of carbonyl (C=O) groups is 2. The van der Waals surface area contributed by atoms with Crippen LogP contribution in [0.15, 0.2) is 124 Å². The summed E-state index contributed by atoms with van der Waals surface area (Å²) in [4.78, 5) is 25.7. The van der Waals surface area contributed by atoms with Crippen molar-refractivity contribution in [2.75, 3.05) is 25.0 Å². The highest BCUT2D eigenvalue weighted by molar-refractivity contribution is 9.10. The fraction of sp³-hybridized carbons (Fsp3) is 0.191. The smallest absolute Gasteiger partial charge is 0.336 e. The maximum atomic E-state index is 13.2. The van der Waals surface area contributed by atoms with Crippen molar-refractivity contribution >= 4 is 71.2 Å². The van der Waals surface area contributed by atoms with Gasteiger partial charge in [-0.05, 0) is 97.6 Å². The zero-order chi connectivity index (χ0) is 41.9. The predicted octanol–water partition coefficient (Wildman–Crippen LogP) is 10.2. The number of ether oxygens (including phenoxy) is 2. The first-order valence-electron chi connectivity index (χ1n) is 19.5. The van der Waals surface area contributed by atoms with Crippen molar-refractivity contribution < 1.29 is 39.5 Å². The van der Waals surface area contributed by atoms with E-state index in [-0.39, 0.29) is 28.5 Å². The summed E-state index contributed by atoms with van der Waals surface area (Å²) < 4.78 is 16.1. The lowest BCUT2D eigenvalue weighted by atomic mass is 9.80. The summed E-state index contributed by atoms with van der Waals surface area (Å²) in [5.74, 6) is -0.798. The van der Waals surface area contributed by atoms with E-state index in [2.05, 4.69) is 71.3 Å². The number of aliphatic hydroxyl groups is 1. The molecule has 0 saturated carbocycles. The van der Waals surface area contributed by atoms with Crippen LogP contribution in [0, 0.1) is 0 Å². The van der Waals surface area contributed by atoms with Crippen LogP contribution in [0.5, 0.6) is 28.7 Å². The number of carbonyl (C=O) groups excluding carboxylic acids is 1. The Kier molecular flexibility index (Phi) is 12.0. The molecule has 306 valence electrons. The summed E-state index contributed by atoms with van der Waals surface area (Å²) in [5.41, 5.74) is 4.86. The van der Waals surface area contributed by atoms with Crippen LogP contribution in [0.4, 0.5) is 5.69 Å². The van der Waals surface area contributed by atoms with E-state index in [0.717, 1.165) is 49.3 Å². The number of anilines is 1. The molecule has 2 heterocycles. The van der Waals surface area contributed by atoms with Gasteiger partial charge in [0.2, 0.25) is 0 Å². The van der Waals surface area contributed by atoms with E-state index in [9.17, 15) is 30.0 Å². The molecule has 60 heavy (non-hydrogen) atoms. The number of benzene rings is 6. The minimum atomic E-state index is -1.19. The number of fused-ring (bicyclic) bond motifs is 5. The second kappa shape index (κ2) is 17.7. The average molecular weight is 936 g/mol. The topological polar surface area (TPSA) is 163 Å². The number of halogens is 2. The number of aromatic nitrogens is 1. The van der Waals surface area contributed by atoms with Crippen LogP contribution in [-0.4, -0.2) is 62.7 Å². The van der Waals surface area contributed by atoms with E-state index in [1.807, 2.05) is 36.4 Å². The van der Waals surface area contributed by atoms with Crippen molar-refractivity contribution in [2.24, 2.45) is 0 Å². The molecule has 0 spiro atoms. The molecule has 1 aliphatic heterocycles. The Morgan fingerprint density at radius 2 is 1.40 bits per heavy atom. The Hall–Kier alpha value is -6.02. The van der Waals surface area contributed by atoms with Gasteiger partial charge in [0, 0.05) is 90.3 Å². The van der Waals surface area contributed by atoms with Gasteiger partial charge in [0.15, 0.2) is 0 Å². The molecule has 13 heteroatoms. The Bertz CT molecular complexity index is 2640. The van der Waals surface area contributed by atoms with Crippen LogP contribution >= 0.6 is 31.9 Å². The van der Waals surface area contributed by atoms with E-state index < -0.39 is 18.0 Å². The van der Waals surface area contributed by atoms with E-state index in [0.29, 0.717) is 66.6 Å². The minimum Gasteiger partial charge on any atom is -0.508 e. The first kappa shape index (κ1) is 40.7. The molecule has 0 aliphatic carbocycles. The highest BCUT2D eigenvalue weighted by Crippen LogP contribution is 2.50. The number of carboxylic acids is 1. The SMILES string of the molecule is O=C(NCCCCCOc1cccc(NCC(O)Cn2c3ccc(Br)cc3c3cc(Br)ccc32)c1)c1ccc(C2c3ccc(O)cc3Oc3cc(O)ccc32)c(C(=O)O)c1. The van der Waals surface area contributed by atoms with Crippen molar-refractivity contribution in [3.8, 4) is 28.7 Å². The number of amides is 1. The molecule has 7 aromatic rings. The van der Waals surface area contributed by atoms with Gasteiger partial charge in [-0.1, -0.05) is 56.1 Å². The summed E-state index contributed by atoms with van der Waals surface area (Å²) in [5, 5.41) is 50.0. The molecular weight excluding hydrogens is 894 g/mol. The Morgan fingerprint density at radius 1 is 0.750 bits per heavy atom. The van der Waals surface area contributed by atoms with E-state index >= 15 is 0 Å². The van der Waals surface area contributed by atoms with Crippen molar-refractivity contribution in [3.05, 3.63) is 152 Å². The zero-order valence-corrected chi connectivity index (χ0v) is 35.4. The van der Waals surface area contributed by atoms with Gasteiger partial charge in [0.1, 0.15) is 28.7 Å². The fourth-order valence-electron chi connectivity index (χ4n) is 7.81. The van der Waals surface area contributed by atoms with Crippen LogP contribution in [-0.2, 0) is 6.54 Å². The second-order valence-corrected chi connectivity index (χ2v) is 16.6. The summed E-state index contributed by atoms with van der Waals surface area (Å²) in [6, 6.07) is 33.9. The summed E-state index contributed by atoms with van der Waals surface area (Å²) in [6.07, 6.45) is 1.61. The number of carboxylic acid groups (broad SMARTS) is 1. The van der Waals surface area contributed by atoms with Crippen LogP contribution in [0.2, 0.25) is 0 Å². The molecule has 6 N–H and O–H groups in total. The van der Waals surface area contributed by atoms with Gasteiger partial charge in [-0.25, -0.2) is 4.79 Å². The Balaban J connectivity index is 0.811. The van der Waals surface area contributed by atoms with Crippen molar-refractivity contribution in [1.82, 2.24) is 9.88 Å². The molecule has 1 atom stereocenters. The number of hydrogen-bond donors (Lipinski definition) is 6. The zero-order valence-electron chi connectivity index (χ0n) is 32.2. The number of aromatic carboxylic acids is 1. The van der Waals surface area contributed by atoms with E-state index in [1.54, 1.807) is 24.3 Å². The standard InChI is InChI=1S/C47H41Br2N3O8/c48-28-8-15-41-38(20-28)39-21-29(49)9-16-42(39)52(41)26-33(55)25-51-30-5-4-6-34(22-30)59-18-3-1-2-17-50-46(56)27-7-12-35(40(19-27)47(57)58)45-36-13-10-31(53)23-43(36)60-44-24-32(54)11-14-37(44)45/h4-16,19-24,33,45,51,53-55H,1-3,17-18,25-26H2,(H,50,56)(H,57,58). The van der Waals surface area contributed by atoms with Crippen LogP contribution in [0.1, 0.15) is 62.6 Å². The van der Waals surface area contributed by atoms with Gasteiger partial charge in [-0.15, -0.1) is 0 Å². The van der Waals surface area contributed by atoms with Crippen LogP contribution in [0.25, 0.3) is 21.8 Å². The molecular formula is C47H41Br2N3O8. The number of rotatable bonds is 15. The third kappa shape index (κ3) is 8.79. The van der Waals surface area contributed by atoms with E-state index in [4.69, 9.17) is 9.47 Å².